The molecule has 1 unspecified atom stereocenters. The number of nitrogens with one attached hydrogen (secondary N) is 1. The van der Waals surface area contributed by atoms with E-state index in [9.17, 15) is 5.11 Å². The predicted octanol–water partition coefficient (Wildman–Crippen LogP) is 0.590. The van der Waals surface area contributed by atoms with Crippen LogP contribution in [0.1, 0.15) is 22.9 Å². The van der Waals surface area contributed by atoms with Gasteiger partial charge in [0.2, 0.25) is 0 Å². The first-order chi connectivity index (χ1) is 6.77. The minimum Gasteiger partial charge on any atom is -0.382 e. The molecular weight excluding hydrogens is 180 g/mol. The summed E-state index contributed by atoms with van der Waals surface area (Å²) >= 11 is 0. The predicted molar refractivity (Wildman–Crippen MR) is 49.4 cm³/mol. The summed E-state index contributed by atoms with van der Waals surface area (Å²) in [6.07, 6.45) is 4.08. The largest absolute Gasteiger partial charge is 0.382 e. The smallest absolute Gasteiger partial charge is 0.126 e. The maximum atomic E-state index is 9.84. The molecule has 0 radical (unpaired) electrons. The van der Waals surface area contributed by atoms with Crippen molar-refractivity contribution in [2.24, 2.45) is 0 Å². The number of hydrogen-bond acceptors (Lipinski definition) is 4. The molecule has 0 saturated carbocycles. The second-order valence-corrected chi connectivity index (χ2v) is 3.09. The Balaban J connectivity index is 2.32. The average Bonchev–Trinajstić information content (AvgIpc) is 2.69. The highest BCUT2D eigenvalue weighted by molar-refractivity contribution is 5.24. The second kappa shape index (κ2) is 3.55. The molecule has 0 saturated heterocycles. The van der Waals surface area contributed by atoms with E-state index >= 15 is 0 Å². The zero-order valence-corrected chi connectivity index (χ0v) is 7.68. The zero-order chi connectivity index (χ0) is 9.97. The van der Waals surface area contributed by atoms with Gasteiger partial charge < -0.3 is 5.11 Å². The van der Waals surface area contributed by atoms with E-state index in [-0.39, 0.29) is 0 Å². The molecule has 1 atom stereocenters. The first-order valence-corrected chi connectivity index (χ1v) is 4.22. The van der Waals surface area contributed by atoms with Gasteiger partial charge in [-0.05, 0) is 12.5 Å². The fourth-order valence-corrected chi connectivity index (χ4v) is 1.24. The minimum absolute atomic E-state index is 0.498. The van der Waals surface area contributed by atoms with Gasteiger partial charge in [-0.25, -0.2) is 0 Å². The average molecular weight is 190 g/mol. The van der Waals surface area contributed by atoms with Crippen molar-refractivity contribution >= 4 is 0 Å². The van der Waals surface area contributed by atoms with Crippen molar-refractivity contribution in [2.45, 2.75) is 13.0 Å². The summed E-state index contributed by atoms with van der Waals surface area (Å²) in [6, 6.07) is 1.87. The summed E-state index contributed by atoms with van der Waals surface area (Å²) in [5.41, 5.74) is 2.22. The number of hydrogen-bond donors (Lipinski definition) is 2. The summed E-state index contributed by atoms with van der Waals surface area (Å²) in [6.45, 7) is 1.92. The number of aromatic amines is 1. The maximum absolute atomic E-state index is 9.84. The van der Waals surface area contributed by atoms with Crippen LogP contribution in [0.15, 0.2) is 24.7 Å². The number of nitrogens with zero attached hydrogens (tertiary/aromatic N) is 3. The topological polar surface area (TPSA) is 74.7 Å². The van der Waals surface area contributed by atoms with Crippen molar-refractivity contribution in [3.05, 3.63) is 41.5 Å². The molecule has 2 aromatic heterocycles. The number of aliphatic hydroxyl groups is 1. The van der Waals surface area contributed by atoms with E-state index in [0.717, 1.165) is 11.1 Å². The minimum atomic E-state index is -0.763. The lowest BCUT2D eigenvalue weighted by Gasteiger charge is -2.06. The Bertz CT molecular complexity index is 413. The van der Waals surface area contributed by atoms with Crippen LogP contribution in [0, 0.1) is 6.92 Å². The fourth-order valence-electron chi connectivity index (χ4n) is 1.24. The van der Waals surface area contributed by atoms with Gasteiger partial charge in [0.25, 0.3) is 0 Å². The molecule has 2 aromatic rings. The van der Waals surface area contributed by atoms with Crippen molar-refractivity contribution in [3.63, 3.8) is 0 Å². The molecule has 0 bridgehead atoms. The highest BCUT2D eigenvalue weighted by atomic mass is 16.3. The Hall–Kier alpha value is -1.75. The number of H-pyrrole nitrogens is 1. The molecule has 0 fully saturated rings. The molecule has 0 aliphatic heterocycles. The van der Waals surface area contributed by atoms with E-state index < -0.39 is 6.10 Å². The molecule has 0 aliphatic rings. The third-order valence-electron chi connectivity index (χ3n) is 1.93. The molecule has 5 nitrogen and oxygen atoms in total. The van der Waals surface area contributed by atoms with Crippen molar-refractivity contribution < 1.29 is 5.11 Å². The SMILES string of the molecule is Cc1cncc(C(O)c2cn[nH]n2)c1. The van der Waals surface area contributed by atoms with Gasteiger partial charge in [-0.3, -0.25) is 4.98 Å². The Morgan fingerprint density at radius 2 is 2.21 bits per heavy atom. The maximum Gasteiger partial charge on any atom is 0.126 e. The van der Waals surface area contributed by atoms with E-state index in [1.807, 2.05) is 13.0 Å². The van der Waals surface area contributed by atoms with Crippen LogP contribution in [-0.2, 0) is 0 Å². The van der Waals surface area contributed by atoms with Crippen LogP contribution in [0.3, 0.4) is 0 Å². The molecule has 0 aromatic carbocycles. The molecule has 5 heteroatoms. The zero-order valence-electron chi connectivity index (χ0n) is 7.68. The van der Waals surface area contributed by atoms with Gasteiger partial charge in [0, 0.05) is 18.0 Å². The van der Waals surface area contributed by atoms with Crippen LogP contribution in [-0.4, -0.2) is 25.5 Å². The summed E-state index contributed by atoms with van der Waals surface area (Å²) in [5, 5.41) is 19.7. The summed E-state index contributed by atoms with van der Waals surface area (Å²) in [7, 11) is 0. The van der Waals surface area contributed by atoms with Crippen molar-refractivity contribution in [2.75, 3.05) is 0 Å². The molecular formula is C9H10N4O. The van der Waals surface area contributed by atoms with Crippen LogP contribution in [0.4, 0.5) is 0 Å². The van der Waals surface area contributed by atoms with Crippen molar-refractivity contribution in [1.82, 2.24) is 20.4 Å². The van der Waals surface area contributed by atoms with Gasteiger partial charge >= 0.3 is 0 Å². The van der Waals surface area contributed by atoms with Gasteiger partial charge in [-0.15, -0.1) is 0 Å². The third kappa shape index (κ3) is 1.62. The van der Waals surface area contributed by atoms with E-state index in [1.54, 1.807) is 12.4 Å². The summed E-state index contributed by atoms with van der Waals surface area (Å²) in [4.78, 5) is 4.00. The molecule has 0 amide bonds. The summed E-state index contributed by atoms with van der Waals surface area (Å²) in [5.74, 6) is 0. The first-order valence-electron chi connectivity index (χ1n) is 4.22. The Morgan fingerprint density at radius 3 is 2.86 bits per heavy atom. The van der Waals surface area contributed by atoms with Crippen LogP contribution < -0.4 is 0 Å². The quantitative estimate of drug-likeness (QED) is 0.726. The Labute approximate surface area is 80.8 Å². The first kappa shape index (κ1) is 8.83. The molecule has 72 valence electrons. The van der Waals surface area contributed by atoms with Gasteiger partial charge in [-0.2, -0.15) is 15.4 Å². The van der Waals surface area contributed by atoms with Gasteiger partial charge in [0.1, 0.15) is 11.8 Å². The molecule has 0 aliphatic carbocycles. The van der Waals surface area contributed by atoms with Crippen molar-refractivity contribution in [1.29, 1.82) is 0 Å². The highest BCUT2D eigenvalue weighted by Crippen LogP contribution is 2.18. The number of aromatic nitrogens is 4. The lowest BCUT2D eigenvalue weighted by atomic mass is 10.1. The Morgan fingerprint density at radius 1 is 1.36 bits per heavy atom. The van der Waals surface area contributed by atoms with E-state index in [0.29, 0.717) is 5.69 Å². The van der Waals surface area contributed by atoms with E-state index in [2.05, 4.69) is 20.4 Å². The van der Waals surface area contributed by atoms with Gasteiger partial charge in [0.05, 0.1) is 6.20 Å². The van der Waals surface area contributed by atoms with E-state index in [1.165, 1.54) is 6.20 Å². The van der Waals surface area contributed by atoms with Crippen LogP contribution in [0.5, 0.6) is 0 Å². The van der Waals surface area contributed by atoms with Gasteiger partial charge in [-0.1, -0.05) is 6.07 Å². The lowest BCUT2D eigenvalue weighted by Crippen LogP contribution is -2.01. The van der Waals surface area contributed by atoms with Crippen LogP contribution in [0.2, 0.25) is 0 Å². The molecule has 2 rings (SSSR count). The lowest BCUT2D eigenvalue weighted by molar-refractivity contribution is 0.214. The number of aliphatic hydroxyl groups excluding tert-OH is 1. The van der Waals surface area contributed by atoms with Gasteiger partial charge in [0.15, 0.2) is 0 Å². The van der Waals surface area contributed by atoms with Crippen LogP contribution in [0.25, 0.3) is 0 Å². The highest BCUT2D eigenvalue weighted by Gasteiger charge is 2.13. The van der Waals surface area contributed by atoms with Crippen molar-refractivity contribution in [3.8, 4) is 0 Å². The normalized spacial score (nSPS) is 12.7. The van der Waals surface area contributed by atoms with Crippen LogP contribution >= 0.6 is 0 Å². The molecule has 2 heterocycles. The monoisotopic (exact) mass is 190 g/mol. The number of pyridine rings is 1. The fraction of sp³-hybridized carbons (Fsp3) is 0.222. The number of rotatable bonds is 2. The summed E-state index contributed by atoms with van der Waals surface area (Å²) < 4.78 is 0. The molecule has 14 heavy (non-hydrogen) atoms. The van der Waals surface area contributed by atoms with E-state index in [4.69, 9.17) is 0 Å². The second-order valence-electron chi connectivity index (χ2n) is 3.09. The Kier molecular flexibility index (Phi) is 2.24. The standard InChI is InChI=1S/C9H10N4O/c1-6-2-7(4-10-3-6)9(14)8-5-11-13-12-8/h2-5,9,14H,1H3,(H,11,12,13). The molecule has 2 N–H and O–H groups in total. The third-order valence-corrected chi connectivity index (χ3v) is 1.93. The molecule has 0 spiro atoms. The number of aryl methyl sites for hydroxylation is 1.